The molecule has 2 rings (SSSR count). The molecule has 0 radical (unpaired) electrons. The maximum absolute atomic E-state index is 12.6. The highest BCUT2D eigenvalue weighted by Crippen LogP contribution is 2.17. The number of hydrogen-bond donors (Lipinski definition) is 2. The van der Waals surface area contributed by atoms with Crippen LogP contribution >= 0.6 is 0 Å². The van der Waals surface area contributed by atoms with Crippen LogP contribution in [0.3, 0.4) is 0 Å². The molecule has 0 fully saturated rings. The molecule has 2 N–H and O–H groups in total. The molecule has 1 unspecified atom stereocenters. The third-order valence-corrected chi connectivity index (χ3v) is 3.65. The van der Waals surface area contributed by atoms with Gasteiger partial charge < -0.3 is 10.4 Å². The van der Waals surface area contributed by atoms with Crippen molar-refractivity contribution in [3.63, 3.8) is 0 Å². The first-order chi connectivity index (χ1) is 10.5. The van der Waals surface area contributed by atoms with Gasteiger partial charge in [0, 0.05) is 6.20 Å². The van der Waals surface area contributed by atoms with E-state index in [9.17, 15) is 14.7 Å². The molecule has 118 valence electrons. The van der Waals surface area contributed by atoms with Crippen LogP contribution in [0.15, 0.2) is 18.3 Å². The van der Waals surface area contributed by atoms with Crippen LogP contribution in [-0.4, -0.2) is 32.4 Å². The van der Waals surface area contributed by atoms with E-state index >= 15 is 0 Å². The second-order valence-corrected chi connectivity index (χ2v) is 5.30. The number of pyridine rings is 1. The van der Waals surface area contributed by atoms with E-state index in [-0.39, 0.29) is 0 Å². The Morgan fingerprint density at radius 1 is 1.41 bits per heavy atom. The lowest BCUT2D eigenvalue weighted by Gasteiger charge is -2.14. The number of imidazole rings is 1. The highest BCUT2D eigenvalue weighted by atomic mass is 16.4. The van der Waals surface area contributed by atoms with E-state index in [1.807, 2.05) is 32.9 Å². The van der Waals surface area contributed by atoms with Gasteiger partial charge >= 0.3 is 5.97 Å². The zero-order valence-electron chi connectivity index (χ0n) is 13.1. The monoisotopic (exact) mass is 303 g/mol. The molecule has 2 aromatic heterocycles. The highest BCUT2D eigenvalue weighted by Gasteiger charge is 2.24. The second-order valence-electron chi connectivity index (χ2n) is 5.30. The first-order valence-corrected chi connectivity index (χ1v) is 7.49. The van der Waals surface area contributed by atoms with Gasteiger partial charge in [-0.1, -0.05) is 26.3 Å². The first-order valence-electron chi connectivity index (χ1n) is 7.49. The molecular formula is C16H21N3O3. The number of hydrogen-bond acceptors (Lipinski definition) is 3. The molecule has 2 aromatic rings. The van der Waals surface area contributed by atoms with Crippen molar-refractivity contribution in [2.24, 2.45) is 0 Å². The zero-order valence-corrected chi connectivity index (χ0v) is 13.1. The zero-order chi connectivity index (χ0) is 16.3. The van der Waals surface area contributed by atoms with E-state index in [0.29, 0.717) is 30.7 Å². The number of nitrogens with one attached hydrogen (secondary N) is 1. The van der Waals surface area contributed by atoms with Crippen LogP contribution in [0.5, 0.6) is 0 Å². The van der Waals surface area contributed by atoms with E-state index in [1.54, 1.807) is 10.6 Å². The molecule has 0 aliphatic carbocycles. The fourth-order valence-electron chi connectivity index (χ4n) is 2.51. The number of rotatable bonds is 6. The predicted molar refractivity (Wildman–Crippen MR) is 83.1 cm³/mol. The average Bonchev–Trinajstić information content (AvgIpc) is 2.86. The maximum Gasteiger partial charge on any atom is 0.326 e. The van der Waals surface area contributed by atoms with Gasteiger partial charge in [-0.15, -0.1) is 0 Å². The van der Waals surface area contributed by atoms with Gasteiger partial charge in [0.05, 0.1) is 5.69 Å². The summed E-state index contributed by atoms with van der Waals surface area (Å²) in [5, 5.41) is 11.8. The summed E-state index contributed by atoms with van der Waals surface area (Å²) in [7, 11) is 0. The molecule has 0 saturated carbocycles. The summed E-state index contributed by atoms with van der Waals surface area (Å²) in [6.45, 7) is 5.74. The number of carboxylic acids is 1. The third kappa shape index (κ3) is 2.95. The fraction of sp³-hybridized carbons (Fsp3) is 0.438. The topological polar surface area (TPSA) is 83.7 Å². The van der Waals surface area contributed by atoms with Crippen molar-refractivity contribution in [3.05, 3.63) is 35.3 Å². The van der Waals surface area contributed by atoms with Crippen molar-refractivity contribution in [2.45, 2.75) is 46.1 Å². The van der Waals surface area contributed by atoms with Crippen molar-refractivity contribution in [3.8, 4) is 0 Å². The summed E-state index contributed by atoms with van der Waals surface area (Å²) in [6.07, 6.45) is 3.47. The summed E-state index contributed by atoms with van der Waals surface area (Å²) in [5.74, 6) is -1.41. The lowest BCUT2D eigenvalue weighted by molar-refractivity contribution is -0.139. The third-order valence-electron chi connectivity index (χ3n) is 3.65. The summed E-state index contributed by atoms with van der Waals surface area (Å²) < 4.78 is 1.73. The van der Waals surface area contributed by atoms with Crippen molar-refractivity contribution in [1.82, 2.24) is 14.7 Å². The number of nitrogens with zero attached hydrogens (tertiary/aromatic N) is 2. The van der Waals surface area contributed by atoms with Crippen LogP contribution in [0.4, 0.5) is 0 Å². The average molecular weight is 303 g/mol. The predicted octanol–water partition coefficient (Wildman–Crippen LogP) is 2.19. The molecule has 0 bridgehead atoms. The smallest absolute Gasteiger partial charge is 0.326 e. The van der Waals surface area contributed by atoms with Crippen LogP contribution in [-0.2, 0) is 11.2 Å². The molecule has 6 heteroatoms. The number of carboxylic acid groups (broad SMARTS) is 1. The van der Waals surface area contributed by atoms with Crippen LogP contribution in [0.1, 0.15) is 48.4 Å². The largest absolute Gasteiger partial charge is 0.480 e. The summed E-state index contributed by atoms with van der Waals surface area (Å²) >= 11 is 0. The van der Waals surface area contributed by atoms with Crippen LogP contribution in [0.25, 0.3) is 5.65 Å². The van der Waals surface area contributed by atoms with Crippen molar-refractivity contribution in [2.75, 3.05) is 0 Å². The van der Waals surface area contributed by atoms with E-state index in [4.69, 9.17) is 0 Å². The molecule has 2 heterocycles. The van der Waals surface area contributed by atoms with E-state index in [0.717, 1.165) is 11.2 Å². The van der Waals surface area contributed by atoms with E-state index in [1.165, 1.54) is 0 Å². The van der Waals surface area contributed by atoms with Gasteiger partial charge in [0.15, 0.2) is 0 Å². The van der Waals surface area contributed by atoms with Gasteiger partial charge in [0.2, 0.25) is 0 Å². The van der Waals surface area contributed by atoms with Gasteiger partial charge in [-0.3, -0.25) is 9.20 Å². The molecule has 22 heavy (non-hydrogen) atoms. The molecule has 0 spiro atoms. The van der Waals surface area contributed by atoms with Gasteiger partial charge in [0.1, 0.15) is 17.4 Å². The molecule has 0 aliphatic rings. The SMILES string of the molecule is CCCC(NC(=O)c1c(CC)nc2c(C)cccn12)C(=O)O. The number of aryl methyl sites for hydroxylation is 2. The molecule has 0 saturated heterocycles. The van der Waals surface area contributed by atoms with Crippen molar-refractivity contribution < 1.29 is 14.7 Å². The Bertz CT molecular complexity index is 706. The first kappa shape index (κ1) is 16.0. The van der Waals surface area contributed by atoms with Gasteiger partial charge in [-0.2, -0.15) is 0 Å². The number of aliphatic carboxylic acids is 1. The molecule has 6 nitrogen and oxygen atoms in total. The fourth-order valence-corrected chi connectivity index (χ4v) is 2.51. The molecule has 0 aromatic carbocycles. The lowest BCUT2D eigenvalue weighted by atomic mass is 10.1. The number of amides is 1. The van der Waals surface area contributed by atoms with Crippen LogP contribution < -0.4 is 5.32 Å². The normalized spacial score (nSPS) is 12.3. The minimum atomic E-state index is -1.02. The quantitative estimate of drug-likeness (QED) is 0.857. The maximum atomic E-state index is 12.6. The highest BCUT2D eigenvalue weighted by molar-refractivity contribution is 5.97. The van der Waals surface area contributed by atoms with E-state index < -0.39 is 17.9 Å². The Kier molecular flexibility index (Phi) is 4.80. The lowest BCUT2D eigenvalue weighted by Crippen LogP contribution is -2.41. The summed E-state index contributed by atoms with van der Waals surface area (Å²) in [6, 6.07) is 2.90. The van der Waals surface area contributed by atoms with Crippen LogP contribution in [0.2, 0.25) is 0 Å². The number of carbonyl (C=O) groups excluding carboxylic acids is 1. The Hall–Kier alpha value is -2.37. The van der Waals surface area contributed by atoms with Gasteiger partial charge in [-0.05, 0) is 31.4 Å². The minimum absolute atomic E-state index is 0.393. The number of aromatic nitrogens is 2. The van der Waals surface area contributed by atoms with Crippen molar-refractivity contribution >= 4 is 17.5 Å². The van der Waals surface area contributed by atoms with Crippen molar-refractivity contribution in [1.29, 1.82) is 0 Å². The standard InChI is InChI=1S/C16H21N3O3/c1-4-7-12(16(21)22)18-15(20)13-11(5-2)17-14-10(3)8-6-9-19(13)14/h6,8-9,12H,4-5,7H2,1-3H3,(H,18,20)(H,21,22). The van der Waals surface area contributed by atoms with Gasteiger partial charge in [0.25, 0.3) is 5.91 Å². The Morgan fingerprint density at radius 3 is 2.73 bits per heavy atom. The number of fused-ring (bicyclic) bond motifs is 1. The molecule has 1 amide bonds. The summed E-state index contributed by atoms with van der Waals surface area (Å²) in [4.78, 5) is 28.3. The van der Waals surface area contributed by atoms with Gasteiger partial charge in [-0.25, -0.2) is 9.78 Å². The molecular weight excluding hydrogens is 282 g/mol. The Morgan fingerprint density at radius 2 is 2.14 bits per heavy atom. The second kappa shape index (κ2) is 6.60. The molecule has 1 atom stereocenters. The minimum Gasteiger partial charge on any atom is -0.480 e. The van der Waals surface area contributed by atoms with Crippen LogP contribution in [0, 0.1) is 6.92 Å². The number of carbonyl (C=O) groups is 2. The van der Waals surface area contributed by atoms with E-state index in [2.05, 4.69) is 10.3 Å². The Balaban J connectivity index is 2.42. The summed E-state index contributed by atoms with van der Waals surface area (Å²) in [5.41, 5.74) is 2.79. The Labute approximate surface area is 129 Å². The molecule has 0 aliphatic heterocycles.